The van der Waals surface area contributed by atoms with Gasteiger partial charge in [-0.15, -0.1) is 0 Å². The summed E-state index contributed by atoms with van der Waals surface area (Å²) >= 11 is 1.93. The van der Waals surface area contributed by atoms with Crippen LogP contribution in [0.15, 0.2) is 24.3 Å². The molecule has 0 amide bonds. The lowest BCUT2D eigenvalue weighted by Crippen LogP contribution is -2.21. The Bertz CT molecular complexity index is 273. The number of benzene rings is 1. The van der Waals surface area contributed by atoms with Gasteiger partial charge in [-0.1, -0.05) is 31.2 Å². The van der Waals surface area contributed by atoms with Crippen LogP contribution in [0.3, 0.4) is 0 Å². The third-order valence-electron chi connectivity index (χ3n) is 2.38. The van der Waals surface area contributed by atoms with Gasteiger partial charge in [0.25, 0.3) is 0 Å². The second kappa shape index (κ2) is 6.10. The standard InChI is InChI=1S/C12H19NS/c1-3-12(13)9-14-8-11-7-5-4-6-10(11)2/h4-7,12H,3,8-9,13H2,1-2H3. The number of hydrogen-bond donors (Lipinski definition) is 1. The number of nitrogens with two attached hydrogens (primary N) is 1. The second-order valence-electron chi connectivity index (χ2n) is 3.61. The molecule has 1 nitrogen and oxygen atoms in total. The summed E-state index contributed by atoms with van der Waals surface area (Å²) in [4.78, 5) is 0. The zero-order chi connectivity index (χ0) is 10.4. The summed E-state index contributed by atoms with van der Waals surface area (Å²) in [6.45, 7) is 4.30. The summed E-state index contributed by atoms with van der Waals surface area (Å²) in [5.41, 5.74) is 8.67. The Kier molecular flexibility index (Phi) is 5.05. The van der Waals surface area contributed by atoms with Gasteiger partial charge in [-0.05, 0) is 24.5 Å². The Morgan fingerprint density at radius 3 is 2.71 bits per heavy atom. The van der Waals surface area contributed by atoms with Crippen LogP contribution in [-0.4, -0.2) is 11.8 Å². The minimum Gasteiger partial charge on any atom is -0.327 e. The van der Waals surface area contributed by atoms with E-state index in [9.17, 15) is 0 Å². The molecule has 1 atom stereocenters. The first kappa shape index (κ1) is 11.6. The van der Waals surface area contributed by atoms with Crippen LogP contribution in [0.4, 0.5) is 0 Å². The summed E-state index contributed by atoms with van der Waals surface area (Å²) in [5.74, 6) is 2.14. The molecule has 0 saturated heterocycles. The molecule has 0 fully saturated rings. The van der Waals surface area contributed by atoms with Gasteiger partial charge in [0.1, 0.15) is 0 Å². The molecule has 14 heavy (non-hydrogen) atoms. The van der Waals surface area contributed by atoms with Gasteiger partial charge in [0, 0.05) is 17.5 Å². The van der Waals surface area contributed by atoms with Crippen LogP contribution >= 0.6 is 11.8 Å². The van der Waals surface area contributed by atoms with Gasteiger partial charge in [-0.2, -0.15) is 11.8 Å². The third-order valence-corrected chi connectivity index (χ3v) is 3.55. The molecule has 0 radical (unpaired) electrons. The Hall–Kier alpha value is -0.470. The molecule has 1 aromatic rings. The van der Waals surface area contributed by atoms with Crippen LogP contribution in [0.25, 0.3) is 0 Å². The molecule has 0 bridgehead atoms. The number of aryl methyl sites for hydroxylation is 1. The van der Waals surface area contributed by atoms with E-state index in [4.69, 9.17) is 5.73 Å². The van der Waals surface area contributed by atoms with Gasteiger partial charge in [-0.3, -0.25) is 0 Å². The summed E-state index contributed by atoms with van der Waals surface area (Å²) in [7, 11) is 0. The first-order chi connectivity index (χ1) is 6.74. The highest BCUT2D eigenvalue weighted by molar-refractivity contribution is 7.98. The fourth-order valence-electron chi connectivity index (χ4n) is 1.21. The SMILES string of the molecule is CCC(N)CSCc1ccccc1C. The van der Waals surface area contributed by atoms with Gasteiger partial charge in [0.15, 0.2) is 0 Å². The summed E-state index contributed by atoms with van der Waals surface area (Å²) in [6.07, 6.45) is 1.07. The van der Waals surface area contributed by atoms with Crippen LogP contribution in [-0.2, 0) is 5.75 Å². The Morgan fingerprint density at radius 2 is 2.07 bits per heavy atom. The maximum absolute atomic E-state index is 5.85. The lowest BCUT2D eigenvalue weighted by Gasteiger charge is -2.09. The molecular weight excluding hydrogens is 190 g/mol. The second-order valence-corrected chi connectivity index (χ2v) is 4.64. The topological polar surface area (TPSA) is 26.0 Å². The molecule has 1 aromatic carbocycles. The summed E-state index contributed by atoms with van der Waals surface area (Å²) < 4.78 is 0. The van der Waals surface area contributed by atoms with E-state index in [0.29, 0.717) is 6.04 Å². The highest BCUT2D eigenvalue weighted by atomic mass is 32.2. The van der Waals surface area contributed by atoms with Crippen molar-refractivity contribution in [3.8, 4) is 0 Å². The fraction of sp³-hybridized carbons (Fsp3) is 0.500. The lowest BCUT2D eigenvalue weighted by molar-refractivity contribution is 0.725. The van der Waals surface area contributed by atoms with Gasteiger partial charge < -0.3 is 5.73 Å². The van der Waals surface area contributed by atoms with E-state index in [-0.39, 0.29) is 0 Å². The Balaban J connectivity index is 2.35. The number of hydrogen-bond acceptors (Lipinski definition) is 2. The van der Waals surface area contributed by atoms with E-state index in [1.807, 2.05) is 11.8 Å². The molecule has 0 aliphatic rings. The molecule has 2 N–H and O–H groups in total. The van der Waals surface area contributed by atoms with Gasteiger partial charge in [-0.25, -0.2) is 0 Å². The molecule has 0 aliphatic heterocycles. The highest BCUT2D eigenvalue weighted by Crippen LogP contribution is 2.16. The molecule has 0 aliphatic carbocycles. The molecular formula is C12H19NS. The first-order valence-electron chi connectivity index (χ1n) is 5.12. The predicted molar refractivity (Wildman–Crippen MR) is 65.6 cm³/mol. The first-order valence-corrected chi connectivity index (χ1v) is 6.27. The van der Waals surface area contributed by atoms with Gasteiger partial charge in [0.05, 0.1) is 0 Å². The quantitative estimate of drug-likeness (QED) is 0.807. The van der Waals surface area contributed by atoms with Crippen molar-refractivity contribution < 1.29 is 0 Å². The Morgan fingerprint density at radius 1 is 1.36 bits per heavy atom. The van der Waals surface area contributed by atoms with Crippen LogP contribution < -0.4 is 5.73 Å². The van der Waals surface area contributed by atoms with Crippen molar-refractivity contribution in [3.05, 3.63) is 35.4 Å². The van der Waals surface area contributed by atoms with Crippen molar-refractivity contribution in [1.29, 1.82) is 0 Å². The third kappa shape index (κ3) is 3.72. The monoisotopic (exact) mass is 209 g/mol. The van der Waals surface area contributed by atoms with E-state index < -0.39 is 0 Å². The predicted octanol–water partition coefficient (Wildman–Crippen LogP) is 2.97. The van der Waals surface area contributed by atoms with Gasteiger partial charge >= 0.3 is 0 Å². The van der Waals surface area contributed by atoms with Crippen molar-refractivity contribution >= 4 is 11.8 Å². The normalized spacial score (nSPS) is 12.8. The van der Waals surface area contributed by atoms with Crippen LogP contribution in [0, 0.1) is 6.92 Å². The average Bonchev–Trinajstić information content (AvgIpc) is 2.20. The lowest BCUT2D eigenvalue weighted by atomic mass is 10.1. The van der Waals surface area contributed by atoms with Crippen molar-refractivity contribution in [2.24, 2.45) is 5.73 Å². The molecule has 0 spiro atoms. The molecule has 0 saturated carbocycles. The number of thioether (sulfide) groups is 1. The smallest absolute Gasteiger partial charge is 0.0187 e. The van der Waals surface area contributed by atoms with Crippen molar-refractivity contribution in [1.82, 2.24) is 0 Å². The molecule has 78 valence electrons. The molecule has 0 heterocycles. The largest absolute Gasteiger partial charge is 0.327 e. The molecule has 0 aromatic heterocycles. The maximum atomic E-state index is 5.85. The van der Waals surface area contributed by atoms with E-state index in [1.54, 1.807) is 0 Å². The van der Waals surface area contributed by atoms with E-state index in [2.05, 4.69) is 38.1 Å². The average molecular weight is 209 g/mol. The zero-order valence-corrected chi connectivity index (χ0v) is 9.81. The van der Waals surface area contributed by atoms with Crippen molar-refractivity contribution in [2.45, 2.75) is 32.1 Å². The molecule has 2 heteroatoms. The number of rotatable bonds is 5. The Labute approximate surface area is 91.1 Å². The molecule has 1 unspecified atom stereocenters. The van der Waals surface area contributed by atoms with E-state index >= 15 is 0 Å². The summed E-state index contributed by atoms with van der Waals surface area (Å²) in [6, 6.07) is 8.89. The van der Waals surface area contributed by atoms with Crippen LogP contribution in [0.5, 0.6) is 0 Å². The fourth-order valence-corrected chi connectivity index (χ4v) is 2.41. The summed E-state index contributed by atoms with van der Waals surface area (Å²) in [5, 5.41) is 0. The van der Waals surface area contributed by atoms with Crippen molar-refractivity contribution in [2.75, 3.05) is 5.75 Å². The zero-order valence-electron chi connectivity index (χ0n) is 8.99. The highest BCUT2D eigenvalue weighted by Gasteiger charge is 2.01. The maximum Gasteiger partial charge on any atom is 0.0187 e. The molecule has 1 rings (SSSR count). The van der Waals surface area contributed by atoms with Gasteiger partial charge in [0.2, 0.25) is 0 Å². The van der Waals surface area contributed by atoms with Crippen LogP contribution in [0.2, 0.25) is 0 Å². The minimum atomic E-state index is 0.351. The van der Waals surface area contributed by atoms with E-state index in [0.717, 1.165) is 17.9 Å². The van der Waals surface area contributed by atoms with Crippen molar-refractivity contribution in [3.63, 3.8) is 0 Å². The minimum absolute atomic E-state index is 0.351. The van der Waals surface area contributed by atoms with E-state index in [1.165, 1.54) is 11.1 Å². The van der Waals surface area contributed by atoms with Crippen LogP contribution in [0.1, 0.15) is 24.5 Å².